The first kappa shape index (κ1) is 12.6. The van der Waals surface area contributed by atoms with Gasteiger partial charge in [0.05, 0.1) is 0 Å². The van der Waals surface area contributed by atoms with Gasteiger partial charge in [0.15, 0.2) is 6.07 Å². The smallest absolute Gasteiger partial charge is 0.410 e. The van der Waals surface area contributed by atoms with Gasteiger partial charge in [-0.1, -0.05) is 37.8 Å². The summed E-state index contributed by atoms with van der Waals surface area (Å²) in [6.45, 7) is 2.90. The van der Waals surface area contributed by atoms with Crippen LogP contribution in [-0.2, 0) is 4.74 Å². The van der Waals surface area contributed by atoms with Gasteiger partial charge in [0, 0.05) is 13.6 Å². The van der Waals surface area contributed by atoms with E-state index in [1.807, 2.05) is 0 Å². The third kappa shape index (κ3) is 6.70. The molecule has 0 spiro atoms. The predicted molar refractivity (Wildman–Crippen MR) is 54.0 cm³/mol. The van der Waals surface area contributed by atoms with Crippen molar-refractivity contribution in [2.45, 2.75) is 32.6 Å². The highest BCUT2D eigenvalue weighted by atomic mass is 35.5. The Kier molecular flexibility index (Phi) is 7.90. The molecule has 0 aliphatic rings. The van der Waals surface area contributed by atoms with Gasteiger partial charge in [0.2, 0.25) is 0 Å². The number of hydrogen-bond acceptors (Lipinski definition) is 2. The molecule has 0 bridgehead atoms. The summed E-state index contributed by atoms with van der Waals surface area (Å²) in [6, 6.07) is -0.0713. The normalized spacial score (nSPS) is 9.77. The fourth-order valence-corrected chi connectivity index (χ4v) is 1.12. The van der Waals surface area contributed by atoms with Gasteiger partial charge >= 0.3 is 6.09 Å². The number of amides is 1. The first-order valence-electron chi connectivity index (χ1n) is 4.66. The van der Waals surface area contributed by atoms with E-state index >= 15 is 0 Å². The monoisotopic (exact) mass is 207 g/mol. The van der Waals surface area contributed by atoms with Gasteiger partial charge in [-0.05, 0) is 6.42 Å². The van der Waals surface area contributed by atoms with Crippen molar-refractivity contribution < 1.29 is 9.53 Å². The van der Waals surface area contributed by atoms with Gasteiger partial charge in [-0.3, -0.25) is 0 Å². The van der Waals surface area contributed by atoms with E-state index in [4.69, 9.17) is 11.6 Å². The molecule has 0 N–H and O–H groups in total. The molecule has 0 atom stereocenters. The van der Waals surface area contributed by atoms with Crippen LogP contribution >= 0.6 is 11.6 Å². The fourth-order valence-electron chi connectivity index (χ4n) is 1.02. The van der Waals surface area contributed by atoms with Crippen molar-refractivity contribution in [1.82, 2.24) is 4.90 Å². The van der Waals surface area contributed by atoms with Crippen LogP contribution in [0.4, 0.5) is 4.79 Å². The quantitative estimate of drug-likeness (QED) is 0.495. The predicted octanol–water partition coefficient (Wildman–Crippen LogP) is 2.83. The zero-order valence-electron chi connectivity index (χ0n) is 8.38. The van der Waals surface area contributed by atoms with Crippen LogP contribution in [0.3, 0.4) is 0 Å². The Morgan fingerprint density at radius 2 is 2.08 bits per heavy atom. The third-order valence-electron chi connectivity index (χ3n) is 1.84. The molecule has 0 aliphatic carbocycles. The highest BCUT2D eigenvalue weighted by Gasteiger charge is 2.07. The zero-order chi connectivity index (χ0) is 10.1. The minimum absolute atomic E-state index is 0.0713. The molecule has 1 amide bonds. The van der Waals surface area contributed by atoms with Crippen molar-refractivity contribution in [3.8, 4) is 0 Å². The molecule has 0 aliphatic heterocycles. The number of ether oxygens (including phenoxy) is 1. The van der Waals surface area contributed by atoms with Crippen molar-refractivity contribution in [3.05, 3.63) is 0 Å². The average Bonchev–Trinajstić information content (AvgIpc) is 2.12. The summed E-state index contributed by atoms with van der Waals surface area (Å²) in [5, 5.41) is 0. The SMILES string of the molecule is CCCCCCN(C)C(=O)OCCl. The van der Waals surface area contributed by atoms with Crippen molar-refractivity contribution in [3.63, 3.8) is 0 Å². The number of hydrogen-bond donors (Lipinski definition) is 0. The molecular formula is C9H18ClNO2. The highest BCUT2D eigenvalue weighted by Crippen LogP contribution is 2.01. The fraction of sp³-hybridized carbons (Fsp3) is 0.889. The van der Waals surface area contributed by atoms with Crippen LogP contribution in [-0.4, -0.2) is 30.7 Å². The van der Waals surface area contributed by atoms with Gasteiger partial charge in [0.25, 0.3) is 0 Å². The summed E-state index contributed by atoms with van der Waals surface area (Å²) in [7, 11) is 1.72. The molecule has 0 heterocycles. The minimum Gasteiger partial charge on any atom is -0.433 e. The Labute approximate surface area is 85.0 Å². The van der Waals surface area contributed by atoms with E-state index in [9.17, 15) is 4.79 Å². The van der Waals surface area contributed by atoms with E-state index in [2.05, 4.69) is 11.7 Å². The van der Waals surface area contributed by atoms with Crippen LogP contribution in [0, 0.1) is 0 Å². The van der Waals surface area contributed by atoms with E-state index in [-0.39, 0.29) is 12.2 Å². The lowest BCUT2D eigenvalue weighted by molar-refractivity contribution is 0.126. The maximum atomic E-state index is 11.0. The van der Waals surface area contributed by atoms with Crippen LogP contribution < -0.4 is 0 Å². The molecule has 0 unspecified atom stereocenters. The Bertz CT molecular complexity index is 142. The van der Waals surface area contributed by atoms with Gasteiger partial charge in [-0.25, -0.2) is 4.79 Å². The molecule has 0 aromatic rings. The number of carbonyl (C=O) groups excluding carboxylic acids is 1. The molecular weight excluding hydrogens is 190 g/mol. The lowest BCUT2D eigenvalue weighted by atomic mass is 10.2. The maximum Gasteiger partial charge on any atom is 0.410 e. The molecule has 0 aromatic heterocycles. The van der Waals surface area contributed by atoms with Crippen LogP contribution in [0.1, 0.15) is 32.6 Å². The molecule has 0 aromatic carbocycles. The molecule has 0 radical (unpaired) electrons. The number of carbonyl (C=O) groups is 1. The Balaban J connectivity index is 3.38. The summed E-state index contributed by atoms with van der Waals surface area (Å²) >= 11 is 5.25. The average molecular weight is 208 g/mol. The summed E-state index contributed by atoms with van der Waals surface area (Å²) in [6.07, 6.45) is 4.27. The topological polar surface area (TPSA) is 29.5 Å². The van der Waals surface area contributed by atoms with E-state index < -0.39 is 0 Å². The Hall–Kier alpha value is -0.440. The molecule has 3 nitrogen and oxygen atoms in total. The van der Waals surface area contributed by atoms with Gasteiger partial charge in [-0.2, -0.15) is 0 Å². The van der Waals surface area contributed by atoms with Crippen LogP contribution in [0.5, 0.6) is 0 Å². The summed E-state index contributed by atoms with van der Waals surface area (Å²) in [5.74, 6) is 0. The van der Waals surface area contributed by atoms with E-state index in [1.165, 1.54) is 12.8 Å². The van der Waals surface area contributed by atoms with Gasteiger partial charge < -0.3 is 9.64 Å². The number of alkyl halides is 1. The maximum absolute atomic E-state index is 11.0. The minimum atomic E-state index is -0.341. The number of nitrogens with zero attached hydrogens (tertiary/aromatic N) is 1. The Morgan fingerprint density at radius 1 is 1.38 bits per heavy atom. The van der Waals surface area contributed by atoms with Gasteiger partial charge in [0.1, 0.15) is 0 Å². The van der Waals surface area contributed by atoms with Crippen molar-refractivity contribution >= 4 is 17.7 Å². The summed E-state index contributed by atoms with van der Waals surface area (Å²) in [4.78, 5) is 12.6. The molecule has 78 valence electrons. The van der Waals surface area contributed by atoms with Crippen molar-refractivity contribution in [2.75, 3.05) is 19.7 Å². The first-order valence-corrected chi connectivity index (χ1v) is 5.19. The second-order valence-electron chi connectivity index (χ2n) is 3.00. The first-order chi connectivity index (χ1) is 6.22. The van der Waals surface area contributed by atoms with E-state index in [0.29, 0.717) is 0 Å². The molecule has 0 fully saturated rings. The summed E-state index contributed by atoms with van der Waals surface area (Å²) in [5.41, 5.74) is 0. The third-order valence-corrected chi connectivity index (χ3v) is 1.95. The largest absolute Gasteiger partial charge is 0.433 e. The number of halogens is 1. The molecule has 0 saturated heterocycles. The standard InChI is InChI=1S/C9H18ClNO2/c1-3-4-5-6-7-11(2)9(12)13-8-10/h3-8H2,1-2H3. The molecule has 0 rings (SSSR count). The van der Waals surface area contributed by atoms with E-state index in [0.717, 1.165) is 19.4 Å². The molecule has 13 heavy (non-hydrogen) atoms. The van der Waals surface area contributed by atoms with E-state index in [1.54, 1.807) is 11.9 Å². The second kappa shape index (κ2) is 8.17. The highest BCUT2D eigenvalue weighted by molar-refractivity contribution is 6.17. The molecule has 0 saturated carbocycles. The van der Waals surface area contributed by atoms with Crippen molar-refractivity contribution in [2.24, 2.45) is 0 Å². The van der Waals surface area contributed by atoms with Gasteiger partial charge in [-0.15, -0.1) is 0 Å². The number of unbranched alkanes of at least 4 members (excludes halogenated alkanes) is 3. The van der Waals surface area contributed by atoms with Crippen LogP contribution in [0.25, 0.3) is 0 Å². The lowest BCUT2D eigenvalue weighted by Crippen LogP contribution is -2.28. The second-order valence-corrected chi connectivity index (χ2v) is 3.22. The van der Waals surface area contributed by atoms with Crippen LogP contribution in [0.15, 0.2) is 0 Å². The number of rotatable bonds is 6. The van der Waals surface area contributed by atoms with Crippen molar-refractivity contribution in [1.29, 1.82) is 0 Å². The zero-order valence-corrected chi connectivity index (χ0v) is 9.14. The lowest BCUT2D eigenvalue weighted by Gasteiger charge is -2.15. The summed E-state index contributed by atoms with van der Waals surface area (Å²) < 4.78 is 4.61. The van der Waals surface area contributed by atoms with Crippen LogP contribution in [0.2, 0.25) is 0 Å². The molecule has 4 heteroatoms. The Morgan fingerprint density at radius 3 is 2.62 bits per heavy atom.